The van der Waals surface area contributed by atoms with E-state index in [9.17, 15) is 8.42 Å². The minimum Gasteiger partial charge on any atom is -0.313 e. The zero-order valence-electron chi connectivity index (χ0n) is 10.7. The Kier molecular flexibility index (Phi) is 4.44. The van der Waals surface area contributed by atoms with Crippen molar-refractivity contribution in [3.05, 3.63) is 0 Å². The molecule has 0 spiro atoms. The van der Waals surface area contributed by atoms with Gasteiger partial charge in [-0.15, -0.1) is 0 Å². The van der Waals surface area contributed by atoms with Crippen LogP contribution in [0.25, 0.3) is 0 Å². The van der Waals surface area contributed by atoms with Gasteiger partial charge in [-0.2, -0.15) is 0 Å². The summed E-state index contributed by atoms with van der Waals surface area (Å²) in [6.45, 7) is 4.63. The molecule has 2 rings (SSSR count). The van der Waals surface area contributed by atoms with Crippen LogP contribution in [0, 0.1) is 5.92 Å². The second-order valence-corrected chi connectivity index (χ2v) is 7.52. The third-order valence-corrected chi connectivity index (χ3v) is 5.92. The van der Waals surface area contributed by atoms with Crippen molar-refractivity contribution in [2.75, 3.05) is 25.4 Å². The van der Waals surface area contributed by atoms with Crippen LogP contribution in [0.2, 0.25) is 0 Å². The Bertz CT molecular complexity index is 336. The molecule has 5 heteroatoms. The molecule has 2 saturated heterocycles. The van der Waals surface area contributed by atoms with Crippen LogP contribution < -0.4 is 5.32 Å². The van der Waals surface area contributed by atoms with Crippen LogP contribution in [0.1, 0.15) is 39.0 Å². The van der Waals surface area contributed by atoms with Gasteiger partial charge in [0, 0.05) is 19.1 Å². The molecule has 2 heterocycles. The first kappa shape index (κ1) is 13.3. The molecule has 0 amide bonds. The summed E-state index contributed by atoms with van der Waals surface area (Å²) >= 11 is 0. The monoisotopic (exact) mass is 260 g/mol. The van der Waals surface area contributed by atoms with E-state index in [-0.39, 0.29) is 6.04 Å². The maximum atomic E-state index is 12.3. The lowest BCUT2D eigenvalue weighted by molar-refractivity contribution is 0.413. The normalized spacial score (nSPS) is 32.5. The van der Waals surface area contributed by atoms with Crippen molar-refractivity contribution in [2.45, 2.75) is 45.1 Å². The molecule has 0 aromatic carbocycles. The van der Waals surface area contributed by atoms with Gasteiger partial charge in [0.05, 0.1) is 5.75 Å². The van der Waals surface area contributed by atoms with Crippen LogP contribution >= 0.6 is 0 Å². The van der Waals surface area contributed by atoms with Gasteiger partial charge in [0.2, 0.25) is 10.0 Å². The van der Waals surface area contributed by atoms with Crippen molar-refractivity contribution < 1.29 is 8.42 Å². The molecule has 4 nitrogen and oxygen atoms in total. The van der Waals surface area contributed by atoms with E-state index in [4.69, 9.17) is 0 Å². The lowest BCUT2D eigenvalue weighted by Crippen LogP contribution is -2.40. The van der Waals surface area contributed by atoms with Gasteiger partial charge >= 0.3 is 0 Å². The fourth-order valence-corrected chi connectivity index (χ4v) is 4.57. The topological polar surface area (TPSA) is 49.4 Å². The highest BCUT2D eigenvalue weighted by atomic mass is 32.2. The Morgan fingerprint density at radius 3 is 2.71 bits per heavy atom. The minimum absolute atomic E-state index is 0.181. The molecule has 2 fully saturated rings. The predicted octanol–water partition coefficient (Wildman–Crippen LogP) is 1.19. The number of sulfonamides is 1. The maximum absolute atomic E-state index is 12.3. The molecule has 17 heavy (non-hydrogen) atoms. The van der Waals surface area contributed by atoms with Gasteiger partial charge in [0.1, 0.15) is 0 Å². The lowest BCUT2D eigenvalue weighted by Gasteiger charge is -2.22. The Morgan fingerprint density at radius 1 is 1.18 bits per heavy atom. The fraction of sp³-hybridized carbons (Fsp3) is 1.00. The summed E-state index contributed by atoms with van der Waals surface area (Å²) in [7, 11) is -3.04. The largest absolute Gasteiger partial charge is 0.313 e. The van der Waals surface area contributed by atoms with Crippen LogP contribution in [0.4, 0.5) is 0 Å². The van der Waals surface area contributed by atoms with Crippen molar-refractivity contribution in [3.8, 4) is 0 Å². The summed E-state index contributed by atoms with van der Waals surface area (Å²) in [6.07, 6.45) is 5.30. The van der Waals surface area contributed by atoms with Crippen molar-refractivity contribution in [1.29, 1.82) is 0 Å². The summed E-state index contributed by atoms with van der Waals surface area (Å²) in [5.41, 5.74) is 0. The maximum Gasteiger partial charge on any atom is 0.215 e. The standard InChI is InChI=1S/C12H24N2O2S/c1-11-4-3-8-14(9-6-11)17(15,16)10-12-5-2-7-13-12/h11-13H,2-10H2,1H3. The zero-order valence-corrected chi connectivity index (χ0v) is 11.5. The van der Waals surface area contributed by atoms with E-state index in [1.165, 1.54) is 0 Å². The molecule has 0 bridgehead atoms. The quantitative estimate of drug-likeness (QED) is 0.829. The molecule has 0 saturated carbocycles. The Balaban J connectivity index is 1.93. The number of nitrogens with zero attached hydrogens (tertiary/aromatic N) is 1. The molecule has 0 radical (unpaired) electrons. The van der Waals surface area contributed by atoms with E-state index >= 15 is 0 Å². The molecule has 2 aliphatic rings. The summed E-state index contributed by atoms with van der Waals surface area (Å²) in [4.78, 5) is 0. The van der Waals surface area contributed by atoms with Crippen LogP contribution in [0.15, 0.2) is 0 Å². The fourth-order valence-electron chi connectivity index (χ4n) is 2.77. The summed E-state index contributed by atoms with van der Waals surface area (Å²) in [5.74, 6) is 0.960. The molecule has 2 unspecified atom stereocenters. The van der Waals surface area contributed by atoms with Gasteiger partial charge < -0.3 is 5.32 Å². The SMILES string of the molecule is CC1CCCN(S(=O)(=O)CC2CCCN2)CC1. The first-order valence-corrected chi connectivity index (χ1v) is 8.40. The van der Waals surface area contributed by atoms with E-state index in [1.54, 1.807) is 4.31 Å². The average molecular weight is 260 g/mol. The number of hydrogen-bond donors (Lipinski definition) is 1. The Labute approximate surface area is 105 Å². The van der Waals surface area contributed by atoms with Crippen molar-refractivity contribution in [1.82, 2.24) is 9.62 Å². The van der Waals surface area contributed by atoms with Gasteiger partial charge in [-0.05, 0) is 44.6 Å². The number of hydrogen-bond acceptors (Lipinski definition) is 3. The Morgan fingerprint density at radius 2 is 2.00 bits per heavy atom. The molecule has 0 aromatic rings. The van der Waals surface area contributed by atoms with Crippen molar-refractivity contribution in [3.63, 3.8) is 0 Å². The van der Waals surface area contributed by atoms with Crippen LogP contribution in [-0.4, -0.2) is 44.2 Å². The predicted molar refractivity (Wildman–Crippen MR) is 69.4 cm³/mol. The highest BCUT2D eigenvalue weighted by molar-refractivity contribution is 7.89. The molecule has 2 atom stereocenters. The van der Waals surface area contributed by atoms with Crippen LogP contribution in [-0.2, 0) is 10.0 Å². The lowest BCUT2D eigenvalue weighted by atomic mass is 10.0. The number of rotatable bonds is 3. The van der Waals surface area contributed by atoms with Crippen LogP contribution in [0.5, 0.6) is 0 Å². The van der Waals surface area contributed by atoms with E-state index in [1.807, 2.05) is 0 Å². The summed E-state index contributed by atoms with van der Waals surface area (Å²) in [6, 6.07) is 0.181. The van der Waals surface area contributed by atoms with E-state index in [2.05, 4.69) is 12.2 Å². The third-order valence-electron chi connectivity index (χ3n) is 3.94. The average Bonchev–Trinajstić information content (AvgIpc) is 2.64. The molecule has 2 aliphatic heterocycles. The van der Waals surface area contributed by atoms with E-state index in [0.717, 1.165) is 51.7 Å². The van der Waals surface area contributed by atoms with Gasteiger partial charge in [-0.3, -0.25) is 0 Å². The summed E-state index contributed by atoms with van der Waals surface area (Å²) < 4.78 is 26.3. The van der Waals surface area contributed by atoms with Crippen LogP contribution in [0.3, 0.4) is 0 Å². The van der Waals surface area contributed by atoms with Gasteiger partial charge in [-0.25, -0.2) is 12.7 Å². The zero-order chi connectivity index (χ0) is 12.3. The van der Waals surface area contributed by atoms with E-state index < -0.39 is 10.0 Å². The first-order valence-electron chi connectivity index (χ1n) is 6.79. The minimum atomic E-state index is -3.04. The van der Waals surface area contributed by atoms with Gasteiger partial charge in [-0.1, -0.05) is 6.92 Å². The van der Waals surface area contributed by atoms with Crippen molar-refractivity contribution in [2.24, 2.45) is 5.92 Å². The summed E-state index contributed by atoms with van der Waals surface area (Å²) in [5, 5.41) is 3.27. The third kappa shape index (κ3) is 3.66. The molecule has 0 aromatic heterocycles. The van der Waals surface area contributed by atoms with Gasteiger partial charge in [0.15, 0.2) is 0 Å². The molecular weight excluding hydrogens is 236 g/mol. The smallest absolute Gasteiger partial charge is 0.215 e. The molecule has 1 N–H and O–H groups in total. The molecule has 100 valence electrons. The van der Waals surface area contributed by atoms with Crippen molar-refractivity contribution >= 4 is 10.0 Å². The molecular formula is C12H24N2O2S. The second kappa shape index (κ2) is 5.67. The first-order chi connectivity index (χ1) is 8.08. The number of nitrogens with one attached hydrogen (secondary N) is 1. The Hall–Kier alpha value is -0.130. The van der Waals surface area contributed by atoms with E-state index in [0.29, 0.717) is 11.7 Å². The molecule has 0 aliphatic carbocycles. The van der Waals surface area contributed by atoms with Gasteiger partial charge in [0.25, 0.3) is 0 Å². The second-order valence-electron chi connectivity index (χ2n) is 5.51. The highest BCUT2D eigenvalue weighted by Crippen LogP contribution is 2.20. The highest BCUT2D eigenvalue weighted by Gasteiger charge is 2.28.